The van der Waals surface area contributed by atoms with E-state index in [0.717, 1.165) is 16.7 Å². The van der Waals surface area contributed by atoms with Crippen molar-refractivity contribution in [1.82, 2.24) is 10.6 Å². The average Bonchev–Trinajstić information content (AvgIpc) is 2.78. The lowest BCUT2D eigenvalue weighted by Gasteiger charge is -2.12. The number of furan rings is 1. The molecule has 4 nitrogen and oxygen atoms in total. The Balaban J connectivity index is 1.96. The fraction of sp³-hybridized carbons (Fsp3) is 0.400. The lowest BCUT2D eigenvalue weighted by molar-refractivity contribution is -0.120. The van der Waals surface area contributed by atoms with Gasteiger partial charge in [-0.05, 0) is 32.9 Å². The summed E-state index contributed by atoms with van der Waals surface area (Å²) in [6.45, 7) is 6.16. The third-order valence-electron chi connectivity index (χ3n) is 2.89. The highest BCUT2D eigenvalue weighted by atomic mass is 16.3. The fourth-order valence-corrected chi connectivity index (χ4v) is 1.94. The number of nitrogens with one attached hydrogen (secondary N) is 2. The Morgan fingerprint density at radius 1 is 1.26 bits per heavy atom. The van der Waals surface area contributed by atoms with Gasteiger partial charge in [-0.25, -0.2) is 0 Å². The van der Waals surface area contributed by atoms with Crippen LogP contribution in [-0.4, -0.2) is 18.5 Å². The largest absolute Gasteiger partial charge is 0.459 e. The maximum Gasteiger partial charge on any atom is 0.234 e. The first-order valence-corrected chi connectivity index (χ1v) is 6.57. The number of rotatable bonds is 5. The van der Waals surface area contributed by atoms with E-state index in [1.54, 1.807) is 0 Å². The highest BCUT2D eigenvalue weighted by Gasteiger charge is 2.12. The van der Waals surface area contributed by atoms with Gasteiger partial charge in [0.2, 0.25) is 5.91 Å². The van der Waals surface area contributed by atoms with Crippen LogP contribution in [0.5, 0.6) is 0 Å². The molecule has 1 heterocycles. The predicted octanol–water partition coefficient (Wildman–Crippen LogP) is 2.61. The first-order chi connectivity index (χ1) is 9.06. The molecule has 1 unspecified atom stereocenters. The molecule has 0 saturated carbocycles. The summed E-state index contributed by atoms with van der Waals surface area (Å²) in [5.74, 6) is 0.844. The smallest absolute Gasteiger partial charge is 0.234 e. The second-order valence-electron chi connectivity index (χ2n) is 5.01. The van der Waals surface area contributed by atoms with Crippen molar-refractivity contribution in [3.05, 3.63) is 36.1 Å². The highest BCUT2D eigenvalue weighted by Crippen LogP contribution is 2.23. The third-order valence-corrected chi connectivity index (χ3v) is 2.89. The van der Waals surface area contributed by atoms with E-state index in [9.17, 15) is 4.79 Å². The molecule has 0 aliphatic rings. The van der Waals surface area contributed by atoms with Gasteiger partial charge in [-0.3, -0.25) is 10.1 Å². The maximum absolute atomic E-state index is 11.6. The van der Waals surface area contributed by atoms with E-state index >= 15 is 0 Å². The maximum atomic E-state index is 11.6. The summed E-state index contributed by atoms with van der Waals surface area (Å²) in [4.78, 5) is 11.6. The van der Waals surface area contributed by atoms with Crippen LogP contribution in [0.3, 0.4) is 0 Å². The molecule has 0 fully saturated rings. The van der Waals surface area contributed by atoms with E-state index in [0.29, 0.717) is 0 Å². The number of hydrogen-bond acceptors (Lipinski definition) is 3. The van der Waals surface area contributed by atoms with Gasteiger partial charge in [0.25, 0.3) is 0 Å². The monoisotopic (exact) mass is 260 g/mol. The highest BCUT2D eigenvalue weighted by molar-refractivity contribution is 5.79. The minimum absolute atomic E-state index is 0.00189. The number of carbonyl (C=O) groups excluding carboxylic acids is 1. The van der Waals surface area contributed by atoms with Crippen molar-refractivity contribution in [2.75, 3.05) is 6.54 Å². The SMILES string of the molecule is CC(C)NC(=O)CNC(C)c1cc2ccccc2o1. The first kappa shape index (κ1) is 13.6. The summed E-state index contributed by atoms with van der Waals surface area (Å²) in [6.07, 6.45) is 0. The quantitative estimate of drug-likeness (QED) is 0.869. The van der Waals surface area contributed by atoms with Crippen LogP contribution in [0.4, 0.5) is 0 Å². The van der Waals surface area contributed by atoms with E-state index in [-0.39, 0.29) is 24.5 Å². The molecule has 19 heavy (non-hydrogen) atoms. The second-order valence-corrected chi connectivity index (χ2v) is 5.01. The lowest BCUT2D eigenvalue weighted by Crippen LogP contribution is -2.38. The number of carbonyl (C=O) groups is 1. The Bertz CT molecular complexity index is 527. The van der Waals surface area contributed by atoms with Crippen molar-refractivity contribution < 1.29 is 9.21 Å². The van der Waals surface area contributed by atoms with Crippen LogP contribution in [0.2, 0.25) is 0 Å². The molecular formula is C15H20N2O2. The van der Waals surface area contributed by atoms with Crippen LogP contribution in [-0.2, 0) is 4.79 Å². The number of benzene rings is 1. The molecule has 0 spiro atoms. The summed E-state index contributed by atoms with van der Waals surface area (Å²) in [6, 6.07) is 10.1. The molecule has 1 aromatic carbocycles. The zero-order valence-corrected chi connectivity index (χ0v) is 11.6. The van der Waals surface area contributed by atoms with Gasteiger partial charge in [0.15, 0.2) is 0 Å². The number of fused-ring (bicyclic) bond motifs is 1. The Kier molecular flexibility index (Phi) is 4.22. The first-order valence-electron chi connectivity index (χ1n) is 6.57. The fourth-order valence-electron chi connectivity index (χ4n) is 1.94. The van der Waals surface area contributed by atoms with E-state index in [2.05, 4.69) is 10.6 Å². The van der Waals surface area contributed by atoms with E-state index < -0.39 is 0 Å². The zero-order valence-electron chi connectivity index (χ0n) is 11.6. The zero-order chi connectivity index (χ0) is 13.8. The molecule has 1 atom stereocenters. The minimum atomic E-state index is -0.00189. The summed E-state index contributed by atoms with van der Waals surface area (Å²) in [5, 5.41) is 7.08. The lowest BCUT2D eigenvalue weighted by atomic mass is 10.2. The number of para-hydroxylation sites is 1. The standard InChI is InChI=1S/C15H20N2O2/c1-10(2)17-15(18)9-16-11(3)14-8-12-6-4-5-7-13(12)19-14/h4-8,10-11,16H,9H2,1-3H3,(H,17,18). The van der Waals surface area contributed by atoms with Gasteiger partial charge in [-0.1, -0.05) is 18.2 Å². The van der Waals surface area contributed by atoms with Crippen molar-refractivity contribution >= 4 is 16.9 Å². The van der Waals surface area contributed by atoms with Crippen molar-refractivity contribution in [2.45, 2.75) is 32.9 Å². The summed E-state index contributed by atoms with van der Waals surface area (Å²) in [7, 11) is 0. The van der Waals surface area contributed by atoms with E-state index in [1.807, 2.05) is 51.1 Å². The van der Waals surface area contributed by atoms with Crippen molar-refractivity contribution in [1.29, 1.82) is 0 Å². The topological polar surface area (TPSA) is 54.3 Å². The molecule has 102 valence electrons. The van der Waals surface area contributed by atoms with Crippen LogP contribution < -0.4 is 10.6 Å². The van der Waals surface area contributed by atoms with Crippen molar-refractivity contribution in [3.63, 3.8) is 0 Å². The molecule has 0 radical (unpaired) electrons. The van der Waals surface area contributed by atoms with Gasteiger partial charge in [-0.15, -0.1) is 0 Å². The van der Waals surface area contributed by atoms with Gasteiger partial charge in [0.1, 0.15) is 11.3 Å². The van der Waals surface area contributed by atoms with Crippen molar-refractivity contribution in [2.24, 2.45) is 0 Å². The normalized spacial score (nSPS) is 12.8. The Morgan fingerprint density at radius 3 is 2.68 bits per heavy atom. The molecule has 0 saturated heterocycles. The van der Waals surface area contributed by atoms with Crippen LogP contribution in [0.15, 0.2) is 34.7 Å². The molecule has 2 rings (SSSR count). The van der Waals surface area contributed by atoms with Gasteiger partial charge in [0, 0.05) is 11.4 Å². The summed E-state index contributed by atoms with van der Waals surface area (Å²) >= 11 is 0. The Labute approximate surface area is 113 Å². The minimum Gasteiger partial charge on any atom is -0.459 e. The van der Waals surface area contributed by atoms with Gasteiger partial charge in [-0.2, -0.15) is 0 Å². The molecule has 2 N–H and O–H groups in total. The van der Waals surface area contributed by atoms with Crippen LogP contribution in [0.25, 0.3) is 11.0 Å². The van der Waals surface area contributed by atoms with E-state index in [4.69, 9.17) is 4.42 Å². The molecule has 0 aliphatic heterocycles. The average molecular weight is 260 g/mol. The molecule has 4 heteroatoms. The van der Waals surface area contributed by atoms with Gasteiger partial charge < -0.3 is 9.73 Å². The van der Waals surface area contributed by atoms with Gasteiger partial charge in [0.05, 0.1) is 12.6 Å². The summed E-state index contributed by atoms with van der Waals surface area (Å²) < 4.78 is 5.75. The predicted molar refractivity (Wildman–Crippen MR) is 75.9 cm³/mol. The van der Waals surface area contributed by atoms with Crippen LogP contribution in [0, 0.1) is 0 Å². The molecule has 2 aromatic rings. The van der Waals surface area contributed by atoms with Crippen molar-refractivity contribution in [3.8, 4) is 0 Å². The Morgan fingerprint density at radius 2 is 2.00 bits per heavy atom. The Hall–Kier alpha value is -1.81. The van der Waals surface area contributed by atoms with Crippen LogP contribution >= 0.6 is 0 Å². The number of hydrogen-bond donors (Lipinski definition) is 2. The molecule has 0 aliphatic carbocycles. The molecule has 1 aromatic heterocycles. The molecule has 0 bridgehead atoms. The van der Waals surface area contributed by atoms with Gasteiger partial charge >= 0.3 is 0 Å². The number of amides is 1. The third kappa shape index (κ3) is 3.58. The van der Waals surface area contributed by atoms with Crippen LogP contribution in [0.1, 0.15) is 32.6 Å². The molecular weight excluding hydrogens is 240 g/mol. The van der Waals surface area contributed by atoms with E-state index in [1.165, 1.54) is 0 Å². The summed E-state index contributed by atoms with van der Waals surface area (Å²) in [5.41, 5.74) is 0.873. The molecule has 1 amide bonds. The second kappa shape index (κ2) is 5.89.